The van der Waals surface area contributed by atoms with E-state index in [9.17, 15) is 0 Å². The van der Waals surface area contributed by atoms with Gasteiger partial charge in [-0.15, -0.1) is 0 Å². The summed E-state index contributed by atoms with van der Waals surface area (Å²) in [7, 11) is 1.95. The molecular weight excluding hydrogens is 224 g/mol. The van der Waals surface area contributed by atoms with E-state index in [0.29, 0.717) is 5.56 Å². The molecule has 3 rings (SSSR count). The van der Waals surface area contributed by atoms with Crippen molar-refractivity contribution >= 4 is 11.0 Å². The number of benzene rings is 1. The zero-order valence-corrected chi connectivity index (χ0v) is 9.83. The van der Waals surface area contributed by atoms with E-state index in [0.717, 1.165) is 22.6 Å². The lowest BCUT2D eigenvalue weighted by atomic mass is 10.2. The van der Waals surface area contributed by atoms with Crippen molar-refractivity contribution in [1.29, 1.82) is 5.26 Å². The van der Waals surface area contributed by atoms with Crippen LogP contribution in [0.5, 0.6) is 0 Å². The molecule has 4 heteroatoms. The third-order valence-electron chi connectivity index (χ3n) is 2.90. The minimum Gasteiger partial charge on any atom is -0.326 e. The molecule has 86 valence electrons. The molecular formula is C14H10N4. The van der Waals surface area contributed by atoms with E-state index >= 15 is 0 Å². The SMILES string of the molecule is Cn1c(-c2ccccn2)nc2cc(C#N)ccc21. The smallest absolute Gasteiger partial charge is 0.159 e. The van der Waals surface area contributed by atoms with Gasteiger partial charge in [-0.2, -0.15) is 5.26 Å². The van der Waals surface area contributed by atoms with Crippen LogP contribution in [-0.4, -0.2) is 14.5 Å². The van der Waals surface area contributed by atoms with Crippen LogP contribution in [0.1, 0.15) is 5.56 Å². The molecule has 0 atom stereocenters. The number of hydrogen-bond donors (Lipinski definition) is 0. The Morgan fingerprint density at radius 3 is 2.83 bits per heavy atom. The number of fused-ring (bicyclic) bond motifs is 1. The van der Waals surface area contributed by atoms with Gasteiger partial charge in [-0.05, 0) is 30.3 Å². The molecule has 0 spiro atoms. The van der Waals surface area contributed by atoms with Crippen LogP contribution in [0.15, 0.2) is 42.6 Å². The zero-order chi connectivity index (χ0) is 12.5. The first kappa shape index (κ1) is 10.5. The van der Waals surface area contributed by atoms with Crippen LogP contribution in [0.2, 0.25) is 0 Å². The normalized spacial score (nSPS) is 10.4. The highest BCUT2D eigenvalue weighted by molar-refractivity contribution is 5.81. The van der Waals surface area contributed by atoms with E-state index in [4.69, 9.17) is 5.26 Å². The highest BCUT2D eigenvalue weighted by Crippen LogP contribution is 2.22. The molecule has 2 aromatic heterocycles. The average molecular weight is 234 g/mol. The minimum atomic E-state index is 0.619. The summed E-state index contributed by atoms with van der Waals surface area (Å²) in [6.45, 7) is 0. The predicted molar refractivity (Wildman–Crippen MR) is 68.7 cm³/mol. The van der Waals surface area contributed by atoms with Gasteiger partial charge in [-0.3, -0.25) is 4.98 Å². The maximum absolute atomic E-state index is 8.89. The summed E-state index contributed by atoms with van der Waals surface area (Å²) in [6, 6.07) is 13.4. The molecule has 0 aliphatic heterocycles. The molecule has 0 bridgehead atoms. The number of aromatic nitrogens is 3. The molecule has 0 fully saturated rings. The molecule has 2 heterocycles. The minimum absolute atomic E-state index is 0.619. The molecule has 0 unspecified atom stereocenters. The Labute approximate surface area is 104 Å². The van der Waals surface area contributed by atoms with Gasteiger partial charge in [0.25, 0.3) is 0 Å². The van der Waals surface area contributed by atoms with Gasteiger partial charge < -0.3 is 4.57 Å². The van der Waals surface area contributed by atoms with Crippen LogP contribution >= 0.6 is 0 Å². The lowest BCUT2D eigenvalue weighted by Crippen LogP contribution is -1.93. The third-order valence-corrected chi connectivity index (χ3v) is 2.90. The summed E-state index contributed by atoms with van der Waals surface area (Å²) < 4.78 is 1.98. The van der Waals surface area contributed by atoms with Crippen molar-refractivity contribution in [1.82, 2.24) is 14.5 Å². The van der Waals surface area contributed by atoms with E-state index < -0.39 is 0 Å². The van der Waals surface area contributed by atoms with E-state index in [1.165, 1.54) is 0 Å². The monoisotopic (exact) mass is 234 g/mol. The lowest BCUT2D eigenvalue weighted by Gasteiger charge is -2.00. The number of rotatable bonds is 1. The fourth-order valence-corrected chi connectivity index (χ4v) is 1.99. The van der Waals surface area contributed by atoms with Crippen LogP contribution < -0.4 is 0 Å². The highest BCUT2D eigenvalue weighted by Gasteiger charge is 2.10. The van der Waals surface area contributed by atoms with Crippen LogP contribution in [0.4, 0.5) is 0 Å². The van der Waals surface area contributed by atoms with Crippen molar-refractivity contribution in [2.45, 2.75) is 0 Å². The topological polar surface area (TPSA) is 54.5 Å². The molecule has 0 N–H and O–H groups in total. The van der Waals surface area contributed by atoms with Crippen molar-refractivity contribution in [3.63, 3.8) is 0 Å². The van der Waals surface area contributed by atoms with Gasteiger partial charge in [0.15, 0.2) is 5.82 Å². The first-order valence-electron chi connectivity index (χ1n) is 5.57. The Hall–Kier alpha value is -2.67. The molecule has 1 aromatic carbocycles. The highest BCUT2D eigenvalue weighted by atomic mass is 15.1. The van der Waals surface area contributed by atoms with Gasteiger partial charge in [0, 0.05) is 13.2 Å². The first-order valence-corrected chi connectivity index (χ1v) is 5.57. The molecule has 0 aliphatic rings. The maximum Gasteiger partial charge on any atom is 0.159 e. The van der Waals surface area contributed by atoms with E-state index in [1.807, 2.05) is 35.9 Å². The Morgan fingerprint density at radius 1 is 1.22 bits per heavy atom. The zero-order valence-electron chi connectivity index (χ0n) is 9.83. The van der Waals surface area contributed by atoms with Crippen molar-refractivity contribution in [2.24, 2.45) is 7.05 Å². The van der Waals surface area contributed by atoms with Crippen molar-refractivity contribution in [2.75, 3.05) is 0 Å². The van der Waals surface area contributed by atoms with Crippen LogP contribution in [-0.2, 0) is 7.05 Å². The second kappa shape index (κ2) is 3.97. The summed E-state index contributed by atoms with van der Waals surface area (Å²) in [5.74, 6) is 0.806. The maximum atomic E-state index is 8.89. The molecule has 18 heavy (non-hydrogen) atoms. The number of hydrogen-bond acceptors (Lipinski definition) is 3. The third kappa shape index (κ3) is 1.54. The van der Waals surface area contributed by atoms with E-state index in [-0.39, 0.29) is 0 Å². The molecule has 0 saturated heterocycles. The molecule has 0 aliphatic carbocycles. The summed E-state index contributed by atoms with van der Waals surface area (Å²) in [4.78, 5) is 8.84. The van der Waals surface area contributed by atoms with Gasteiger partial charge >= 0.3 is 0 Å². The number of aryl methyl sites for hydroxylation is 1. The molecule has 0 radical (unpaired) electrons. The molecule has 3 aromatic rings. The quantitative estimate of drug-likeness (QED) is 0.650. The Bertz CT molecular complexity index is 751. The first-order chi connectivity index (χ1) is 8.79. The predicted octanol–water partition coefficient (Wildman–Crippen LogP) is 2.51. The second-order valence-corrected chi connectivity index (χ2v) is 4.02. The Kier molecular flexibility index (Phi) is 2.31. The lowest BCUT2D eigenvalue weighted by molar-refractivity contribution is 0.950. The van der Waals surface area contributed by atoms with Gasteiger partial charge in [0.2, 0.25) is 0 Å². The summed E-state index contributed by atoms with van der Waals surface area (Å²) >= 11 is 0. The van der Waals surface area contributed by atoms with E-state index in [2.05, 4.69) is 16.0 Å². The van der Waals surface area contributed by atoms with Crippen LogP contribution in [0.25, 0.3) is 22.6 Å². The van der Waals surface area contributed by atoms with Gasteiger partial charge in [-0.25, -0.2) is 4.98 Å². The van der Waals surface area contributed by atoms with Gasteiger partial charge in [0.1, 0.15) is 5.69 Å². The average Bonchev–Trinajstić information content (AvgIpc) is 2.76. The van der Waals surface area contributed by atoms with Gasteiger partial charge in [-0.1, -0.05) is 6.07 Å². The fraction of sp³-hybridized carbons (Fsp3) is 0.0714. The number of nitriles is 1. The largest absolute Gasteiger partial charge is 0.326 e. The van der Waals surface area contributed by atoms with E-state index in [1.54, 1.807) is 18.3 Å². The number of nitrogens with zero attached hydrogens (tertiary/aromatic N) is 4. The standard InChI is InChI=1S/C14H10N4/c1-18-13-6-5-10(9-15)8-12(13)17-14(18)11-4-2-3-7-16-11/h2-8H,1H3. The summed E-state index contributed by atoms with van der Waals surface area (Å²) in [5, 5.41) is 8.89. The van der Waals surface area contributed by atoms with Crippen molar-refractivity contribution in [3.8, 4) is 17.6 Å². The Morgan fingerprint density at radius 2 is 2.11 bits per heavy atom. The summed E-state index contributed by atoms with van der Waals surface area (Å²) in [5.41, 5.74) is 3.26. The molecule has 0 amide bonds. The molecule has 0 saturated carbocycles. The fourth-order valence-electron chi connectivity index (χ4n) is 1.99. The van der Waals surface area contributed by atoms with Crippen LogP contribution in [0.3, 0.4) is 0 Å². The number of pyridine rings is 1. The molecule has 4 nitrogen and oxygen atoms in total. The van der Waals surface area contributed by atoms with Crippen LogP contribution in [0, 0.1) is 11.3 Å². The second-order valence-electron chi connectivity index (χ2n) is 4.02. The van der Waals surface area contributed by atoms with Gasteiger partial charge in [0.05, 0.1) is 22.7 Å². The number of imidazole rings is 1. The van der Waals surface area contributed by atoms with Crippen molar-refractivity contribution in [3.05, 3.63) is 48.2 Å². The Balaban J connectivity index is 2.27. The van der Waals surface area contributed by atoms with Crippen molar-refractivity contribution < 1.29 is 0 Å². The summed E-state index contributed by atoms with van der Waals surface area (Å²) in [6.07, 6.45) is 1.75.